The van der Waals surface area contributed by atoms with Gasteiger partial charge in [0, 0.05) is 11.1 Å². The molecule has 0 unspecified atom stereocenters. The summed E-state index contributed by atoms with van der Waals surface area (Å²) in [5.74, 6) is 0. The molecule has 0 aliphatic rings. The second-order valence-electron chi connectivity index (χ2n) is 6.46. The van der Waals surface area contributed by atoms with Gasteiger partial charge in [0.05, 0.1) is 20.4 Å². The van der Waals surface area contributed by atoms with Gasteiger partial charge in [-0.25, -0.2) is 9.97 Å². The van der Waals surface area contributed by atoms with E-state index in [-0.39, 0.29) is 0 Å². The molecule has 2 aromatic heterocycles. The van der Waals surface area contributed by atoms with Crippen molar-refractivity contribution in [3.8, 4) is 21.1 Å². The van der Waals surface area contributed by atoms with Crippen molar-refractivity contribution in [1.82, 2.24) is 9.97 Å². The summed E-state index contributed by atoms with van der Waals surface area (Å²) >= 11 is 3.50. The van der Waals surface area contributed by atoms with Gasteiger partial charge < -0.3 is 0 Å². The number of fused-ring (bicyclic) bond motifs is 2. The summed E-state index contributed by atoms with van der Waals surface area (Å²) in [7, 11) is 0. The Kier molecular flexibility index (Phi) is 3.62. The second kappa shape index (κ2) is 6.01. The Morgan fingerprint density at radius 3 is 1.54 bits per heavy atom. The minimum atomic E-state index is 1.06. The van der Waals surface area contributed by atoms with Crippen LogP contribution in [0.2, 0.25) is 0 Å². The highest BCUT2D eigenvalue weighted by Gasteiger charge is 2.14. The maximum Gasteiger partial charge on any atom is 0.124 e. The van der Waals surface area contributed by atoms with Crippen molar-refractivity contribution >= 4 is 43.1 Å². The molecule has 0 radical (unpaired) electrons. The normalized spacial score (nSPS) is 11.5. The molecule has 126 valence electrons. The molecule has 5 rings (SSSR count). The fourth-order valence-electron chi connectivity index (χ4n) is 3.29. The summed E-state index contributed by atoms with van der Waals surface area (Å²) in [5.41, 5.74) is 7.04. The van der Waals surface area contributed by atoms with Crippen LogP contribution in [0.15, 0.2) is 60.7 Å². The van der Waals surface area contributed by atoms with Gasteiger partial charge in [-0.2, -0.15) is 0 Å². The van der Waals surface area contributed by atoms with Crippen molar-refractivity contribution in [2.24, 2.45) is 0 Å². The molecule has 0 amide bonds. The van der Waals surface area contributed by atoms with Crippen LogP contribution in [0.5, 0.6) is 0 Å². The average Bonchev–Trinajstić information content (AvgIpc) is 3.25. The molecule has 26 heavy (non-hydrogen) atoms. The van der Waals surface area contributed by atoms with Gasteiger partial charge in [0.15, 0.2) is 0 Å². The summed E-state index contributed by atoms with van der Waals surface area (Å²) in [6, 6.07) is 21.2. The van der Waals surface area contributed by atoms with Crippen molar-refractivity contribution in [2.75, 3.05) is 0 Å². The van der Waals surface area contributed by atoms with E-state index in [9.17, 15) is 0 Å². The molecular formula is C22H16N2S2. The van der Waals surface area contributed by atoms with Crippen LogP contribution in [0.3, 0.4) is 0 Å². The van der Waals surface area contributed by atoms with Crippen molar-refractivity contribution in [3.63, 3.8) is 0 Å². The van der Waals surface area contributed by atoms with Gasteiger partial charge >= 0.3 is 0 Å². The van der Waals surface area contributed by atoms with E-state index >= 15 is 0 Å². The quantitative estimate of drug-likeness (QED) is 0.338. The maximum absolute atomic E-state index is 4.85. The lowest BCUT2D eigenvalue weighted by atomic mass is 10.0. The van der Waals surface area contributed by atoms with Crippen molar-refractivity contribution < 1.29 is 0 Å². The molecule has 2 nitrogen and oxygen atoms in total. The first kappa shape index (κ1) is 15.7. The lowest BCUT2D eigenvalue weighted by molar-refractivity contribution is 1.35. The zero-order chi connectivity index (χ0) is 17.7. The topological polar surface area (TPSA) is 25.8 Å². The second-order valence-corrected chi connectivity index (χ2v) is 8.52. The van der Waals surface area contributed by atoms with Crippen LogP contribution in [0.4, 0.5) is 0 Å². The fraction of sp³-hybridized carbons (Fsp3) is 0.0909. The number of benzene rings is 3. The largest absolute Gasteiger partial charge is 0.236 e. The number of para-hydroxylation sites is 2. The zero-order valence-electron chi connectivity index (χ0n) is 14.5. The number of thiazole rings is 2. The number of rotatable bonds is 2. The third-order valence-corrected chi connectivity index (χ3v) is 6.76. The Morgan fingerprint density at radius 2 is 1.08 bits per heavy atom. The minimum absolute atomic E-state index is 1.06. The van der Waals surface area contributed by atoms with Gasteiger partial charge in [0.1, 0.15) is 10.0 Å². The van der Waals surface area contributed by atoms with Gasteiger partial charge in [0.25, 0.3) is 0 Å². The van der Waals surface area contributed by atoms with Crippen LogP contribution >= 0.6 is 22.7 Å². The van der Waals surface area contributed by atoms with Gasteiger partial charge in [-0.3, -0.25) is 0 Å². The van der Waals surface area contributed by atoms with Crippen LogP contribution in [0, 0.1) is 13.8 Å². The highest BCUT2D eigenvalue weighted by Crippen LogP contribution is 2.38. The van der Waals surface area contributed by atoms with E-state index in [1.807, 2.05) is 12.1 Å². The molecule has 0 saturated carbocycles. The van der Waals surface area contributed by atoms with E-state index in [4.69, 9.17) is 9.97 Å². The highest BCUT2D eigenvalue weighted by molar-refractivity contribution is 7.22. The van der Waals surface area contributed by atoms with Gasteiger partial charge in [0.2, 0.25) is 0 Å². The molecule has 0 spiro atoms. The van der Waals surface area contributed by atoms with E-state index in [0.29, 0.717) is 0 Å². The molecule has 0 atom stereocenters. The van der Waals surface area contributed by atoms with Crippen LogP contribution in [0.1, 0.15) is 11.1 Å². The molecule has 2 heterocycles. The van der Waals surface area contributed by atoms with E-state index in [1.54, 1.807) is 22.7 Å². The summed E-state index contributed by atoms with van der Waals surface area (Å²) in [4.78, 5) is 9.71. The summed E-state index contributed by atoms with van der Waals surface area (Å²) in [5, 5.41) is 2.15. The van der Waals surface area contributed by atoms with Crippen LogP contribution < -0.4 is 0 Å². The standard InChI is InChI=1S/C22H16N2S2/c1-13-11-14(2)16(22-24-18-8-4-6-10-20(18)26-22)12-15(13)21-23-17-7-3-5-9-19(17)25-21/h3-12H,1-2H3. The smallest absolute Gasteiger partial charge is 0.124 e. The Balaban J connectivity index is 1.70. The van der Waals surface area contributed by atoms with Crippen LogP contribution in [0.25, 0.3) is 41.6 Å². The third kappa shape index (κ3) is 2.54. The molecule has 4 heteroatoms. The number of hydrogen-bond acceptors (Lipinski definition) is 4. The Labute approximate surface area is 159 Å². The van der Waals surface area contributed by atoms with Crippen LogP contribution in [-0.4, -0.2) is 9.97 Å². The fourth-order valence-corrected chi connectivity index (χ4v) is 5.38. The molecule has 0 N–H and O–H groups in total. The van der Waals surface area contributed by atoms with Gasteiger partial charge in [-0.15, -0.1) is 22.7 Å². The summed E-state index contributed by atoms with van der Waals surface area (Å²) < 4.78 is 2.45. The first-order chi connectivity index (χ1) is 12.7. The van der Waals surface area contributed by atoms with Crippen molar-refractivity contribution in [3.05, 3.63) is 71.8 Å². The summed E-state index contributed by atoms with van der Waals surface area (Å²) in [6.45, 7) is 4.33. The first-order valence-corrected chi connectivity index (χ1v) is 10.2. The Bertz CT molecular complexity index is 1100. The molecule has 0 aliphatic heterocycles. The molecular weight excluding hydrogens is 356 g/mol. The summed E-state index contributed by atoms with van der Waals surface area (Å²) in [6.07, 6.45) is 0. The molecule has 0 bridgehead atoms. The number of nitrogens with zero attached hydrogens (tertiary/aromatic N) is 2. The van der Waals surface area contributed by atoms with Crippen LogP contribution in [-0.2, 0) is 0 Å². The molecule has 0 aliphatic carbocycles. The van der Waals surface area contributed by atoms with Gasteiger partial charge in [-0.05, 0) is 55.3 Å². The first-order valence-electron chi connectivity index (χ1n) is 8.52. The molecule has 5 aromatic rings. The van der Waals surface area contributed by atoms with E-state index in [0.717, 1.165) is 21.0 Å². The van der Waals surface area contributed by atoms with E-state index in [2.05, 4.69) is 62.4 Å². The monoisotopic (exact) mass is 372 g/mol. The molecule has 0 saturated heterocycles. The minimum Gasteiger partial charge on any atom is -0.236 e. The predicted octanol–water partition coefficient (Wildman–Crippen LogP) is 6.86. The zero-order valence-corrected chi connectivity index (χ0v) is 16.1. The maximum atomic E-state index is 4.85. The Hall–Kier alpha value is -2.56. The lowest BCUT2D eigenvalue weighted by Crippen LogP contribution is -1.89. The third-order valence-electron chi connectivity index (χ3n) is 4.62. The van der Waals surface area contributed by atoms with Crippen molar-refractivity contribution in [1.29, 1.82) is 0 Å². The van der Waals surface area contributed by atoms with Crippen molar-refractivity contribution in [2.45, 2.75) is 13.8 Å². The Morgan fingerprint density at radius 1 is 0.615 bits per heavy atom. The van der Waals surface area contributed by atoms with E-state index < -0.39 is 0 Å². The predicted molar refractivity (Wildman–Crippen MR) is 113 cm³/mol. The lowest BCUT2D eigenvalue weighted by Gasteiger charge is -2.09. The number of aryl methyl sites for hydroxylation is 2. The highest BCUT2D eigenvalue weighted by atomic mass is 32.1. The van der Waals surface area contributed by atoms with Gasteiger partial charge in [-0.1, -0.05) is 30.3 Å². The molecule has 0 fully saturated rings. The SMILES string of the molecule is Cc1cc(C)c(-c2nc3ccccc3s2)cc1-c1nc2ccccc2s1. The molecule has 3 aromatic carbocycles. The number of aromatic nitrogens is 2. The average molecular weight is 373 g/mol. The van der Waals surface area contributed by atoms with E-state index in [1.165, 1.54) is 31.7 Å². The number of hydrogen-bond donors (Lipinski definition) is 0.